The molecule has 2 heteroatoms. The van der Waals surface area contributed by atoms with Gasteiger partial charge in [0.25, 0.3) is 0 Å². The Hall–Kier alpha value is -2.22. The van der Waals surface area contributed by atoms with Crippen molar-refractivity contribution in [3.05, 3.63) is 77.2 Å². The zero-order valence-corrected chi connectivity index (χ0v) is 21.8. The number of anilines is 1. The third kappa shape index (κ3) is 4.59. The molecule has 3 aliphatic rings. The molecule has 0 fully saturated rings. The van der Waals surface area contributed by atoms with E-state index < -0.39 is 0 Å². The minimum Gasteiger partial charge on any atom is -0.374 e. The van der Waals surface area contributed by atoms with Gasteiger partial charge >= 0.3 is 0 Å². The second-order valence-electron chi connectivity index (χ2n) is 11.4. The van der Waals surface area contributed by atoms with Gasteiger partial charge in [0.1, 0.15) is 0 Å². The minimum absolute atomic E-state index is 0.154. The van der Waals surface area contributed by atoms with Crippen molar-refractivity contribution in [3.8, 4) is 0 Å². The number of hydrogen-bond acceptors (Lipinski definition) is 2. The van der Waals surface area contributed by atoms with Gasteiger partial charge in [0.05, 0.1) is 0 Å². The van der Waals surface area contributed by atoms with E-state index in [4.69, 9.17) is 0 Å². The highest BCUT2D eigenvalue weighted by Crippen LogP contribution is 2.50. The van der Waals surface area contributed by atoms with Gasteiger partial charge in [-0.2, -0.15) is 0 Å². The minimum atomic E-state index is 0.154. The van der Waals surface area contributed by atoms with Crippen molar-refractivity contribution < 1.29 is 0 Å². The Labute approximate surface area is 202 Å². The Morgan fingerprint density at radius 3 is 2.52 bits per heavy atom. The molecule has 33 heavy (non-hydrogen) atoms. The van der Waals surface area contributed by atoms with Crippen molar-refractivity contribution in [2.45, 2.75) is 78.1 Å². The number of allylic oxidation sites excluding steroid dienone is 6. The van der Waals surface area contributed by atoms with Crippen LogP contribution >= 0.6 is 0 Å². The van der Waals surface area contributed by atoms with Gasteiger partial charge in [0.2, 0.25) is 0 Å². The SMILES string of the molecule is CN1C2=C(CCCCC2)C(C)(C)/C1=C\CC/C=C/C=C/C1CN(C)c2ccccc2C1(C)C. The highest BCUT2D eigenvalue weighted by atomic mass is 15.2. The maximum Gasteiger partial charge on any atom is 0.0402 e. The molecular weight excluding hydrogens is 400 g/mol. The molecule has 2 heterocycles. The van der Waals surface area contributed by atoms with Gasteiger partial charge < -0.3 is 9.80 Å². The second kappa shape index (κ2) is 9.57. The van der Waals surface area contributed by atoms with Crippen LogP contribution in [0.4, 0.5) is 5.69 Å². The zero-order chi connectivity index (χ0) is 23.6. The summed E-state index contributed by atoms with van der Waals surface area (Å²) in [6.07, 6.45) is 20.6. The van der Waals surface area contributed by atoms with Crippen LogP contribution in [-0.2, 0) is 5.41 Å². The van der Waals surface area contributed by atoms with Gasteiger partial charge in [-0.05, 0) is 61.1 Å². The van der Waals surface area contributed by atoms with E-state index in [1.165, 1.54) is 49.1 Å². The smallest absolute Gasteiger partial charge is 0.0402 e. The number of hydrogen-bond donors (Lipinski definition) is 0. The number of benzene rings is 1. The van der Waals surface area contributed by atoms with E-state index in [9.17, 15) is 0 Å². The molecule has 0 N–H and O–H groups in total. The summed E-state index contributed by atoms with van der Waals surface area (Å²) < 4.78 is 0. The summed E-state index contributed by atoms with van der Waals surface area (Å²) in [6.45, 7) is 10.7. The lowest BCUT2D eigenvalue weighted by atomic mass is 9.70. The molecule has 0 aromatic heterocycles. The molecule has 0 amide bonds. The molecule has 0 spiro atoms. The van der Waals surface area contributed by atoms with Crippen LogP contribution in [0.15, 0.2) is 71.6 Å². The van der Waals surface area contributed by atoms with Crippen LogP contribution in [0.5, 0.6) is 0 Å². The fourth-order valence-electron chi connectivity index (χ4n) is 6.38. The molecular formula is C31H44N2. The first-order chi connectivity index (χ1) is 15.7. The monoisotopic (exact) mass is 444 g/mol. The predicted octanol–water partition coefficient (Wildman–Crippen LogP) is 8.00. The van der Waals surface area contributed by atoms with Crippen molar-refractivity contribution >= 4 is 5.69 Å². The van der Waals surface area contributed by atoms with Crippen LogP contribution in [-0.4, -0.2) is 25.5 Å². The summed E-state index contributed by atoms with van der Waals surface area (Å²) in [5, 5.41) is 0. The summed E-state index contributed by atoms with van der Waals surface area (Å²) in [7, 11) is 4.51. The Kier molecular flexibility index (Phi) is 6.93. The molecule has 0 saturated carbocycles. The van der Waals surface area contributed by atoms with E-state index in [0.717, 1.165) is 19.4 Å². The molecule has 1 aromatic carbocycles. The zero-order valence-electron chi connectivity index (χ0n) is 21.8. The summed E-state index contributed by atoms with van der Waals surface area (Å²) in [5.41, 5.74) is 8.03. The lowest BCUT2D eigenvalue weighted by Crippen LogP contribution is -2.42. The van der Waals surface area contributed by atoms with Crippen LogP contribution in [0.2, 0.25) is 0 Å². The van der Waals surface area contributed by atoms with E-state index in [1.54, 1.807) is 11.3 Å². The topological polar surface area (TPSA) is 6.48 Å². The van der Waals surface area contributed by atoms with Gasteiger partial charge in [0, 0.05) is 49.1 Å². The standard InChI is InChI=1S/C31H44N2/c1-30(2)24(23-32(5)27-20-16-15-19-25(27)30)17-11-8-7-9-14-22-29-31(3,4)26-18-12-10-13-21-28(26)33(29)6/h7-8,11,15-17,19-20,22,24H,9-10,12-14,18,21,23H2,1-6H3/b8-7+,17-11+,29-22+. The summed E-state index contributed by atoms with van der Waals surface area (Å²) >= 11 is 0. The molecule has 4 rings (SSSR count). The largest absolute Gasteiger partial charge is 0.374 e. The molecule has 178 valence electrons. The van der Waals surface area contributed by atoms with Crippen LogP contribution in [0.25, 0.3) is 0 Å². The Morgan fingerprint density at radius 2 is 1.70 bits per heavy atom. The van der Waals surface area contributed by atoms with E-state index in [-0.39, 0.29) is 10.8 Å². The van der Waals surface area contributed by atoms with E-state index in [1.807, 2.05) is 0 Å². The molecule has 1 aromatic rings. The first kappa shape index (κ1) is 23.9. The molecule has 2 aliphatic heterocycles. The number of nitrogens with zero attached hydrogens (tertiary/aromatic N) is 2. The normalized spacial score (nSPS) is 25.8. The van der Waals surface area contributed by atoms with Gasteiger partial charge in [-0.1, -0.05) is 82.7 Å². The van der Waals surface area contributed by atoms with Crippen molar-refractivity contribution in [1.29, 1.82) is 0 Å². The molecule has 1 unspecified atom stereocenters. The molecule has 1 atom stereocenters. The van der Waals surface area contributed by atoms with Crippen LogP contribution in [0.3, 0.4) is 0 Å². The first-order valence-corrected chi connectivity index (χ1v) is 13.1. The Balaban J connectivity index is 1.34. The van der Waals surface area contributed by atoms with Crippen molar-refractivity contribution in [2.24, 2.45) is 11.3 Å². The lowest BCUT2D eigenvalue weighted by Gasteiger charge is -2.43. The second-order valence-corrected chi connectivity index (χ2v) is 11.4. The lowest BCUT2D eigenvalue weighted by molar-refractivity contribution is 0.367. The predicted molar refractivity (Wildman–Crippen MR) is 143 cm³/mol. The Morgan fingerprint density at radius 1 is 0.939 bits per heavy atom. The average Bonchev–Trinajstić information content (AvgIpc) is 2.96. The molecule has 1 aliphatic carbocycles. The number of unbranched alkanes of at least 4 members (excludes halogenated alkanes) is 1. The van der Waals surface area contributed by atoms with Crippen LogP contribution < -0.4 is 4.90 Å². The third-order valence-electron chi connectivity index (χ3n) is 8.52. The fourth-order valence-corrected chi connectivity index (χ4v) is 6.38. The number of para-hydroxylation sites is 1. The van der Waals surface area contributed by atoms with E-state index in [2.05, 4.69) is 106 Å². The fraction of sp³-hybridized carbons (Fsp3) is 0.548. The van der Waals surface area contributed by atoms with Crippen LogP contribution in [0.1, 0.15) is 78.2 Å². The van der Waals surface area contributed by atoms with Gasteiger partial charge in [-0.25, -0.2) is 0 Å². The number of rotatable bonds is 5. The van der Waals surface area contributed by atoms with E-state index >= 15 is 0 Å². The highest BCUT2D eigenvalue weighted by molar-refractivity contribution is 5.59. The molecule has 0 bridgehead atoms. The third-order valence-corrected chi connectivity index (χ3v) is 8.52. The van der Waals surface area contributed by atoms with Gasteiger partial charge in [-0.3, -0.25) is 0 Å². The molecule has 0 radical (unpaired) electrons. The average molecular weight is 445 g/mol. The summed E-state index contributed by atoms with van der Waals surface area (Å²) in [5.74, 6) is 0.513. The number of fused-ring (bicyclic) bond motifs is 1. The van der Waals surface area contributed by atoms with Crippen molar-refractivity contribution in [3.63, 3.8) is 0 Å². The summed E-state index contributed by atoms with van der Waals surface area (Å²) in [6, 6.07) is 8.87. The Bertz CT molecular complexity index is 972. The van der Waals surface area contributed by atoms with Gasteiger partial charge in [-0.15, -0.1) is 0 Å². The highest BCUT2D eigenvalue weighted by Gasteiger charge is 2.40. The van der Waals surface area contributed by atoms with Crippen molar-refractivity contribution in [1.82, 2.24) is 4.90 Å². The van der Waals surface area contributed by atoms with Crippen LogP contribution in [0, 0.1) is 11.3 Å². The maximum atomic E-state index is 2.52. The van der Waals surface area contributed by atoms with E-state index in [0.29, 0.717) is 5.92 Å². The summed E-state index contributed by atoms with van der Waals surface area (Å²) in [4.78, 5) is 4.92. The first-order valence-electron chi connectivity index (χ1n) is 13.1. The molecule has 2 nitrogen and oxygen atoms in total. The quantitative estimate of drug-likeness (QED) is 0.335. The van der Waals surface area contributed by atoms with Crippen molar-refractivity contribution in [2.75, 3.05) is 25.5 Å². The maximum absolute atomic E-state index is 2.52. The van der Waals surface area contributed by atoms with Gasteiger partial charge in [0.15, 0.2) is 0 Å². The molecule has 0 saturated heterocycles.